The van der Waals surface area contributed by atoms with Crippen LogP contribution in [0.2, 0.25) is 0 Å². The van der Waals surface area contributed by atoms with Gasteiger partial charge in [0, 0.05) is 18.7 Å². The second-order valence-corrected chi connectivity index (χ2v) is 6.28. The van der Waals surface area contributed by atoms with Gasteiger partial charge in [0.15, 0.2) is 0 Å². The Labute approximate surface area is 147 Å². The van der Waals surface area contributed by atoms with Gasteiger partial charge in [-0.2, -0.15) is 0 Å². The molecule has 0 spiro atoms. The zero-order chi connectivity index (χ0) is 17.6. The van der Waals surface area contributed by atoms with Gasteiger partial charge in [0.2, 0.25) is 17.7 Å². The van der Waals surface area contributed by atoms with Gasteiger partial charge in [-0.15, -0.1) is 0 Å². The lowest BCUT2D eigenvalue weighted by Gasteiger charge is -2.26. The number of rotatable bonds is 5. The van der Waals surface area contributed by atoms with E-state index in [9.17, 15) is 9.59 Å². The molecule has 1 saturated heterocycles. The molecule has 6 heteroatoms. The minimum Gasteiger partial charge on any atom is -0.441 e. The first kappa shape index (κ1) is 17.2. The number of nitrogens with zero attached hydrogens (tertiary/aromatic N) is 2. The van der Waals surface area contributed by atoms with Crippen molar-refractivity contribution in [1.29, 1.82) is 0 Å². The van der Waals surface area contributed by atoms with Crippen LogP contribution in [0, 0.1) is 6.92 Å². The lowest BCUT2D eigenvalue weighted by molar-refractivity contribution is -0.133. The summed E-state index contributed by atoms with van der Waals surface area (Å²) in [6.45, 7) is 3.41. The largest absolute Gasteiger partial charge is 0.441 e. The number of hydrogen-bond acceptors (Lipinski definition) is 4. The molecule has 2 heterocycles. The minimum atomic E-state index is -0.221. The number of piperidine rings is 1. The number of aryl methyl sites for hydroxylation is 1. The monoisotopic (exact) mass is 341 g/mol. The molecule has 2 aromatic rings. The second kappa shape index (κ2) is 7.96. The minimum absolute atomic E-state index is 0.0186. The summed E-state index contributed by atoms with van der Waals surface area (Å²) in [5, 5.41) is 2.69. The third-order valence-electron chi connectivity index (χ3n) is 4.39. The molecule has 0 unspecified atom stereocenters. The highest BCUT2D eigenvalue weighted by molar-refractivity contribution is 5.85. The zero-order valence-electron chi connectivity index (χ0n) is 14.5. The van der Waals surface area contributed by atoms with Crippen LogP contribution < -0.4 is 5.32 Å². The van der Waals surface area contributed by atoms with Gasteiger partial charge < -0.3 is 14.6 Å². The lowest BCUT2D eigenvalue weighted by atomic mass is 10.1. The molecular formula is C19H23N3O3. The zero-order valence-corrected chi connectivity index (χ0v) is 14.5. The van der Waals surface area contributed by atoms with Gasteiger partial charge in [-0.3, -0.25) is 9.59 Å². The fourth-order valence-electron chi connectivity index (χ4n) is 2.94. The number of amides is 2. The van der Waals surface area contributed by atoms with E-state index in [-0.39, 0.29) is 24.8 Å². The molecule has 0 atom stereocenters. The summed E-state index contributed by atoms with van der Waals surface area (Å²) in [6.07, 6.45) is 3.36. The quantitative estimate of drug-likeness (QED) is 0.905. The molecule has 132 valence electrons. The Hall–Kier alpha value is -2.63. The van der Waals surface area contributed by atoms with Crippen molar-refractivity contribution in [1.82, 2.24) is 15.2 Å². The van der Waals surface area contributed by atoms with Gasteiger partial charge in [-0.1, -0.05) is 18.2 Å². The standard InChI is InChI=1S/C19H23N3O3/c1-14-16(21-19(25-14)15-8-4-2-5-9-15)12-17(23)20-13-18(24)22-10-6-3-7-11-22/h2,4-5,8-9H,3,6-7,10-13H2,1H3,(H,20,23). The van der Waals surface area contributed by atoms with Crippen LogP contribution in [0.15, 0.2) is 34.7 Å². The number of oxazole rings is 1. The molecule has 1 N–H and O–H groups in total. The molecule has 3 rings (SSSR count). The van der Waals surface area contributed by atoms with E-state index in [0.29, 0.717) is 17.3 Å². The highest BCUT2D eigenvalue weighted by Crippen LogP contribution is 2.21. The van der Waals surface area contributed by atoms with E-state index in [0.717, 1.165) is 31.5 Å². The van der Waals surface area contributed by atoms with Crippen molar-refractivity contribution in [3.05, 3.63) is 41.8 Å². The van der Waals surface area contributed by atoms with E-state index >= 15 is 0 Å². The number of aromatic nitrogens is 1. The van der Waals surface area contributed by atoms with E-state index in [1.165, 1.54) is 6.42 Å². The Bertz CT molecular complexity index is 734. The maximum absolute atomic E-state index is 12.1. The van der Waals surface area contributed by atoms with Crippen LogP contribution in [-0.2, 0) is 16.0 Å². The molecule has 1 aromatic heterocycles. The van der Waals surface area contributed by atoms with E-state index in [4.69, 9.17) is 4.42 Å². The van der Waals surface area contributed by atoms with E-state index < -0.39 is 0 Å². The van der Waals surface area contributed by atoms with Crippen molar-refractivity contribution in [2.45, 2.75) is 32.6 Å². The summed E-state index contributed by atoms with van der Waals surface area (Å²) >= 11 is 0. The summed E-state index contributed by atoms with van der Waals surface area (Å²) in [4.78, 5) is 30.5. The fraction of sp³-hybridized carbons (Fsp3) is 0.421. The molecule has 6 nitrogen and oxygen atoms in total. The smallest absolute Gasteiger partial charge is 0.241 e. The van der Waals surface area contributed by atoms with Gasteiger partial charge in [0.1, 0.15) is 5.76 Å². The molecule has 1 aromatic carbocycles. The number of nitrogens with one attached hydrogen (secondary N) is 1. The SMILES string of the molecule is Cc1oc(-c2ccccc2)nc1CC(=O)NCC(=O)N1CCCCC1. The first-order valence-corrected chi connectivity index (χ1v) is 8.69. The summed E-state index contributed by atoms with van der Waals surface area (Å²) in [5.74, 6) is 0.887. The van der Waals surface area contributed by atoms with E-state index in [1.54, 1.807) is 6.92 Å². The van der Waals surface area contributed by atoms with Crippen LogP contribution in [0.5, 0.6) is 0 Å². The third-order valence-corrected chi connectivity index (χ3v) is 4.39. The molecule has 1 fully saturated rings. The van der Waals surface area contributed by atoms with Crippen molar-refractivity contribution in [2.75, 3.05) is 19.6 Å². The topological polar surface area (TPSA) is 75.4 Å². The predicted molar refractivity (Wildman–Crippen MR) is 93.8 cm³/mol. The molecule has 2 amide bonds. The number of carbonyl (C=O) groups is 2. The highest BCUT2D eigenvalue weighted by Gasteiger charge is 2.18. The average molecular weight is 341 g/mol. The van der Waals surface area contributed by atoms with E-state index in [2.05, 4.69) is 10.3 Å². The number of benzene rings is 1. The Kier molecular flexibility index (Phi) is 5.48. The number of likely N-dealkylation sites (tertiary alicyclic amines) is 1. The molecule has 25 heavy (non-hydrogen) atoms. The summed E-state index contributed by atoms with van der Waals surface area (Å²) in [6, 6.07) is 9.56. The molecule has 0 aliphatic carbocycles. The molecule has 1 aliphatic rings. The molecular weight excluding hydrogens is 318 g/mol. The van der Waals surface area contributed by atoms with Gasteiger partial charge in [0.05, 0.1) is 18.7 Å². The van der Waals surface area contributed by atoms with Crippen molar-refractivity contribution < 1.29 is 14.0 Å². The van der Waals surface area contributed by atoms with Crippen LogP contribution in [0.4, 0.5) is 0 Å². The third kappa shape index (κ3) is 4.47. The van der Waals surface area contributed by atoms with Crippen LogP contribution in [-0.4, -0.2) is 41.3 Å². The summed E-state index contributed by atoms with van der Waals surface area (Å²) in [5.41, 5.74) is 1.47. The van der Waals surface area contributed by atoms with Crippen LogP contribution in [0.25, 0.3) is 11.5 Å². The van der Waals surface area contributed by atoms with Crippen LogP contribution in [0.1, 0.15) is 30.7 Å². The van der Waals surface area contributed by atoms with Gasteiger partial charge in [-0.05, 0) is 38.3 Å². The predicted octanol–water partition coefficient (Wildman–Crippen LogP) is 2.32. The first-order chi connectivity index (χ1) is 12.1. The second-order valence-electron chi connectivity index (χ2n) is 6.28. The van der Waals surface area contributed by atoms with Crippen molar-refractivity contribution in [3.8, 4) is 11.5 Å². The maximum atomic E-state index is 12.1. The fourth-order valence-corrected chi connectivity index (χ4v) is 2.94. The summed E-state index contributed by atoms with van der Waals surface area (Å²) < 4.78 is 5.66. The first-order valence-electron chi connectivity index (χ1n) is 8.69. The Morgan fingerprint density at radius 3 is 2.60 bits per heavy atom. The van der Waals surface area contributed by atoms with Crippen molar-refractivity contribution in [2.24, 2.45) is 0 Å². The molecule has 1 aliphatic heterocycles. The molecule has 0 bridgehead atoms. The molecule has 0 radical (unpaired) electrons. The number of hydrogen-bond donors (Lipinski definition) is 1. The normalized spacial score (nSPS) is 14.4. The van der Waals surface area contributed by atoms with Crippen molar-refractivity contribution >= 4 is 11.8 Å². The van der Waals surface area contributed by atoms with Crippen LogP contribution >= 0.6 is 0 Å². The van der Waals surface area contributed by atoms with Gasteiger partial charge >= 0.3 is 0 Å². The summed E-state index contributed by atoms with van der Waals surface area (Å²) in [7, 11) is 0. The lowest BCUT2D eigenvalue weighted by Crippen LogP contribution is -2.42. The van der Waals surface area contributed by atoms with Crippen LogP contribution in [0.3, 0.4) is 0 Å². The van der Waals surface area contributed by atoms with Gasteiger partial charge in [0.25, 0.3) is 0 Å². The average Bonchev–Trinajstić information content (AvgIpc) is 3.01. The van der Waals surface area contributed by atoms with Gasteiger partial charge in [-0.25, -0.2) is 4.98 Å². The Morgan fingerprint density at radius 1 is 1.16 bits per heavy atom. The number of carbonyl (C=O) groups excluding carboxylic acids is 2. The Balaban J connectivity index is 1.54. The van der Waals surface area contributed by atoms with Crippen molar-refractivity contribution in [3.63, 3.8) is 0 Å². The maximum Gasteiger partial charge on any atom is 0.241 e. The Morgan fingerprint density at radius 2 is 1.88 bits per heavy atom. The highest BCUT2D eigenvalue weighted by atomic mass is 16.4. The molecule has 0 saturated carbocycles. The van der Waals surface area contributed by atoms with E-state index in [1.807, 2.05) is 35.2 Å².